The second-order valence-corrected chi connectivity index (χ2v) is 5.11. The SMILES string of the molecule is CC(Nc1ccc2ccccc2n1)C(=O)Nc1ccccc1. The number of amides is 1. The molecular formula is C18H17N3O. The number of hydrogen-bond donors (Lipinski definition) is 2. The summed E-state index contributed by atoms with van der Waals surface area (Å²) in [5.74, 6) is 0.593. The molecular weight excluding hydrogens is 274 g/mol. The summed E-state index contributed by atoms with van der Waals surface area (Å²) in [5, 5.41) is 7.08. The number of benzene rings is 2. The number of aromatic nitrogens is 1. The van der Waals surface area contributed by atoms with E-state index in [1.165, 1.54) is 0 Å². The van der Waals surface area contributed by atoms with Gasteiger partial charge in [0.2, 0.25) is 5.91 Å². The minimum absolute atomic E-state index is 0.0961. The zero-order valence-electron chi connectivity index (χ0n) is 12.3. The Bertz CT molecular complexity index is 786. The summed E-state index contributed by atoms with van der Waals surface area (Å²) in [5.41, 5.74) is 1.69. The third-order valence-electron chi connectivity index (χ3n) is 3.40. The number of para-hydroxylation sites is 2. The highest BCUT2D eigenvalue weighted by Gasteiger charge is 2.13. The van der Waals surface area contributed by atoms with Crippen LogP contribution < -0.4 is 10.6 Å². The van der Waals surface area contributed by atoms with Crippen LogP contribution in [0.1, 0.15) is 6.92 Å². The van der Waals surface area contributed by atoms with Crippen molar-refractivity contribution in [2.24, 2.45) is 0 Å². The molecule has 0 saturated carbocycles. The number of hydrogen-bond acceptors (Lipinski definition) is 3. The van der Waals surface area contributed by atoms with Gasteiger partial charge in [-0.2, -0.15) is 0 Å². The Morgan fingerprint density at radius 3 is 2.50 bits per heavy atom. The van der Waals surface area contributed by atoms with E-state index in [0.29, 0.717) is 5.82 Å². The molecule has 1 unspecified atom stereocenters. The van der Waals surface area contributed by atoms with Crippen molar-refractivity contribution >= 4 is 28.3 Å². The van der Waals surface area contributed by atoms with E-state index in [2.05, 4.69) is 15.6 Å². The molecule has 0 aliphatic carbocycles. The summed E-state index contributed by atoms with van der Waals surface area (Å²) in [7, 11) is 0. The van der Waals surface area contributed by atoms with Crippen molar-refractivity contribution in [3.05, 3.63) is 66.7 Å². The number of rotatable bonds is 4. The van der Waals surface area contributed by atoms with Crippen LogP contribution in [0, 0.1) is 0 Å². The number of carbonyl (C=O) groups is 1. The van der Waals surface area contributed by atoms with Gasteiger partial charge in [-0.25, -0.2) is 4.98 Å². The first-order valence-corrected chi connectivity index (χ1v) is 7.20. The zero-order valence-corrected chi connectivity index (χ0v) is 12.3. The van der Waals surface area contributed by atoms with Crippen molar-refractivity contribution in [3.8, 4) is 0 Å². The Kier molecular flexibility index (Phi) is 4.01. The first-order valence-electron chi connectivity index (χ1n) is 7.20. The maximum atomic E-state index is 12.2. The maximum Gasteiger partial charge on any atom is 0.246 e. The van der Waals surface area contributed by atoms with E-state index in [4.69, 9.17) is 0 Å². The highest BCUT2D eigenvalue weighted by Crippen LogP contribution is 2.15. The quantitative estimate of drug-likeness (QED) is 0.771. The molecule has 0 fully saturated rings. The van der Waals surface area contributed by atoms with Crippen LogP contribution in [0.5, 0.6) is 0 Å². The van der Waals surface area contributed by atoms with Crippen molar-refractivity contribution in [2.75, 3.05) is 10.6 Å². The molecule has 1 aromatic heterocycles. The molecule has 4 heteroatoms. The van der Waals surface area contributed by atoms with Crippen LogP contribution in [0.25, 0.3) is 10.9 Å². The van der Waals surface area contributed by atoms with Gasteiger partial charge in [-0.15, -0.1) is 0 Å². The second-order valence-electron chi connectivity index (χ2n) is 5.11. The molecule has 2 N–H and O–H groups in total. The summed E-state index contributed by atoms with van der Waals surface area (Å²) in [6.45, 7) is 1.81. The molecule has 1 amide bonds. The molecule has 1 heterocycles. The predicted octanol–water partition coefficient (Wildman–Crippen LogP) is 3.67. The Hall–Kier alpha value is -2.88. The molecule has 0 saturated heterocycles. The summed E-state index contributed by atoms with van der Waals surface area (Å²) in [6.07, 6.45) is 0. The van der Waals surface area contributed by atoms with Crippen LogP contribution in [-0.2, 0) is 4.79 Å². The van der Waals surface area contributed by atoms with Crippen molar-refractivity contribution in [2.45, 2.75) is 13.0 Å². The van der Waals surface area contributed by atoms with E-state index in [9.17, 15) is 4.79 Å². The molecule has 0 radical (unpaired) electrons. The average Bonchev–Trinajstić information content (AvgIpc) is 2.55. The Morgan fingerprint density at radius 1 is 0.955 bits per heavy atom. The van der Waals surface area contributed by atoms with Crippen molar-refractivity contribution in [3.63, 3.8) is 0 Å². The lowest BCUT2D eigenvalue weighted by Crippen LogP contribution is -2.32. The van der Waals surface area contributed by atoms with Gasteiger partial charge in [-0.3, -0.25) is 4.79 Å². The second kappa shape index (κ2) is 6.26. The van der Waals surface area contributed by atoms with Gasteiger partial charge in [0.05, 0.1) is 5.52 Å². The molecule has 22 heavy (non-hydrogen) atoms. The van der Waals surface area contributed by atoms with Crippen LogP contribution in [0.2, 0.25) is 0 Å². The molecule has 0 aliphatic heterocycles. The summed E-state index contributed by atoms with van der Waals surface area (Å²) >= 11 is 0. The molecule has 0 aliphatic rings. The minimum Gasteiger partial charge on any atom is -0.359 e. The van der Waals surface area contributed by atoms with Gasteiger partial charge in [0.1, 0.15) is 11.9 Å². The summed E-state index contributed by atoms with van der Waals surface area (Å²) in [6, 6.07) is 20.8. The lowest BCUT2D eigenvalue weighted by atomic mass is 10.2. The number of anilines is 2. The fourth-order valence-corrected chi connectivity index (χ4v) is 2.21. The minimum atomic E-state index is -0.381. The predicted molar refractivity (Wildman–Crippen MR) is 89.9 cm³/mol. The highest BCUT2D eigenvalue weighted by molar-refractivity contribution is 5.96. The highest BCUT2D eigenvalue weighted by atomic mass is 16.2. The van der Waals surface area contributed by atoms with Crippen LogP contribution in [0.15, 0.2) is 66.7 Å². The van der Waals surface area contributed by atoms with Crippen molar-refractivity contribution in [1.82, 2.24) is 4.98 Å². The fraction of sp³-hybridized carbons (Fsp3) is 0.111. The van der Waals surface area contributed by atoms with Crippen molar-refractivity contribution in [1.29, 1.82) is 0 Å². The summed E-state index contributed by atoms with van der Waals surface area (Å²) in [4.78, 5) is 16.7. The lowest BCUT2D eigenvalue weighted by Gasteiger charge is -2.15. The van der Waals surface area contributed by atoms with Gasteiger partial charge in [0.25, 0.3) is 0 Å². The van der Waals surface area contributed by atoms with Crippen molar-refractivity contribution < 1.29 is 4.79 Å². The maximum absolute atomic E-state index is 12.2. The zero-order chi connectivity index (χ0) is 15.4. The molecule has 4 nitrogen and oxygen atoms in total. The smallest absolute Gasteiger partial charge is 0.246 e. The monoisotopic (exact) mass is 291 g/mol. The molecule has 1 atom stereocenters. The third-order valence-corrected chi connectivity index (χ3v) is 3.40. The largest absolute Gasteiger partial charge is 0.359 e. The van der Waals surface area contributed by atoms with Crippen LogP contribution in [0.3, 0.4) is 0 Å². The number of fused-ring (bicyclic) bond motifs is 1. The Morgan fingerprint density at radius 2 is 1.68 bits per heavy atom. The van der Waals surface area contributed by atoms with Gasteiger partial charge in [0.15, 0.2) is 0 Å². The van der Waals surface area contributed by atoms with Crippen LogP contribution in [0.4, 0.5) is 11.5 Å². The van der Waals surface area contributed by atoms with Gasteiger partial charge < -0.3 is 10.6 Å². The number of pyridine rings is 1. The van der Waals surface area contributed by atoms with E-state index >= 15 is 0 Å². The average molecular weight is 291 g/mol. The molecule has 110 valence electrons. The number of nitrogens with one attached hydrogen (secondary N) is 2. The summed E-state index contributed by atoms with van der Waals surface area (Å²) < 4.78 is 0. The molecule has 0 bridgehead atoms. The van der Waals surface area contributed by atoms with E-state index in [-0.39, 0.29) is 11.9 Å². The van der Waals surface area contributed by atoms with Gasteiger partial charge in [0, 0.05) is 11.1 Å². The van der Waals surface area contributed by atoms with Gasteiger partial charge in [-0.05, 0) is 37.3 Å². The Labute approximate surface area is 129 Å². The first kappa shape index (κ1) is 14.1. The van der Waals surface area contributed by atoms with Gasteiger partial charge >= 0.3 is 0 Å². The Balaban J connectivity index is 1.69. The lowest BCUT2D eigenvalue weighted by molar-refractivity contribution is -0.116. The first-order chi connectivity index (χ1) is 10.7. The van der Waals surface area contributed by atoms with Crippen LogP contribution >= 0.6 is 0 Å². The number of nitrogens with zero attached hydrogens (tertiary/aromatic N) is 1. The van der Waals surface area contributed by atoms with E-state index < -0.39 is 0 Å². The molecule has 0 spiro atoms. The molecule has 2 aromatic carbocycles. The standard InChI is InChI=1S/C18H17N3O/c1-13(18(22)20-15-8-3-2-4-9-15)19-17-12-11-14-7-5-6-10-16(14)21-17/h2-13H,1H3,(H,19,21)(H,20,22). The van der Waals surface area contributed by atoms with Crippen LogP contribution in [-0.4, -0.2) is 16.9 Å². The van der Waals surface area contributed by atoms with E-state index in [0.717, 1.165) is 16.6 Å². The molecule has 3 rings (SSSR count). The van der Waals surface area contributed by atoms with Gasteiger partial charge in [-0.1, -0.05) is 36.4 Å². The van der Waals surface area contributed by atoms with E-state index in [1.54, 1.807) is 0 Å². The third kappa shape index (κ3) is 3.23. The van der Waals surface area contributed by atoms with E-state index in [1.807, 2.05) is 73.7 Å². The fourth-order valence-electron chi connectivity index (χ4n) is 2.21. The molecule has 3 aromatic rings. The number of carbonyl (C=O) groups excluding carboxylic acids is 1. The normalized spacial score (nSPS) is 11.9. The topological polar surface area (TPSA) is 54.0 Å².